The number of carbonyl (C=O) groups is 2. The van der Waals surface area contributed by atoms with E-state index in [-0.39, 0.29) is 23.1 Å². The van der Waals surface area contributed by atoms with E-state index < -0.39 is 6.04 Å². The maximum Gasteiger partial charge on any atom is 0.242 e. The van der Waals surface area contributed by atoms with Gasteiger partial charge in [-0.3, -0.25) is 9.59 Å². The molecule has 0 aliphatic carbocycles. The molecule has 1 atom stereocenters. The third kappa shape index (κ3) is 7.74. The number of hydrogen-bond acceptors (Lipinski definition) is 3. The first kappa shape index (κ1) is 25.6. The summed E-state index contributed by atoms with van der Waals surface area (Å²) >= 11 is 13.9. The Hall–Kier alpha value is -1.69. The predicted octanol–water partition coefficient (Wildman–Crippen LogP) is 5.87. The molecule has 7 heteroatoms. The molecule has 2 aromatic carbocycles. The summed E-state index contributed by atoms with van der Waals surface area (Å²) in [5, 5.41) is 4.15. The molecule has 1 unspecified atom stereocenters. The van der Waals surface area contributed by atoms with Crippen molar-refractivity contribution in [3.8, 4) is 0 Å². The molecule has 0 aliphatic rings. The fourth-order valence-electron chi connectivity index (χ4n) is 3.02. The van der Waals surface area contributed by atoms with Crippen LogP contribution in [0.2, 0.25) is 10.0 Å². The molecule has 0 fully saturated rings. The van der Waals surface area contributed by atoms with Crippen molar-refractivity contribution < 1.29 is 9.59 Å². The van der Waals surface area contributed by atoms with E-state index in [1.54, 1.807) is 30.0 Å². The molecule has 0 heterocycles. The zero-order valence-corrected chi connectivity index (χ0v) is 21.0. The number of thioether (sulfide) groups is 1. The van der Waals surface area contributed by atoms with Gasteiger partial charge in [0.15, 0.2) is 0 Å². The molecule has 2 amide bonds. The van der Waals surface area contributed by atoms with E-state index in [0.717, 1.165) is 16.7 Å². The van der Waals surface area contributed by atoms with E-state index in [9.17, 15) is 9.59 Å². The summed E-state index contributed by atoms with van der Waals surface area (Å²) in [6, 6.07) is 12.7. The second-order valence-electron chi connectivity index (χ2n) is 8.56. The van der Waals surface area contributed by atoms with Gasteiger partial charge in [0.25, 0.3) is 0 Å². The van der Waals surface area contributed by atoms with Crippen molar-refractivity contribution in [2.75, 3.05) is 5.75 Å². The molecule has 2 rings (SSSR count). The Balaban J connectivity index is 2.15. The Kier molecular flexibility index (Phi) is 9.28. The normalized spacial score (nSPS) is 12.4. The Labute approximate surface area is 199 Å². The molecule has 31 heavy (non-hydrogen) atoms. The highest BCUT2D eigenvalue weighted by Gasteiger charge is 2.28. The van der Waals surface area contributed by atoms with Crippen LogP contribution in [0, 0.1) is 6.92 Å². The zero-order chi connectivity index (χ0) is 23.2. The van der Waals surface area contributed by atoms with Crippen molar-refractivity contribution in [2.45, 2.75) is 58.5 Å². The third-order valence-electron chi connectivity index (χ3n) is 4.80. The molecule has 0 aromatic heterocycles. The molecule has 168 valence electrons. The number of hydrogen-bond donors (Lipinski definition) is 1. The smallest absolute Gasteiger partial charge is 0.242 e. The molecular formula is C24H30Cl2N2O2S. The number of aryl methyl sites for hydroxylation is 1. The minimum Gasteiger partial charge on any atom is -0.350 e. The van der Waals surface area contributed by atoms with E-state index in [1.807, 2.05) is 52.0 Å². The van der Waals surface area contributed by atoms with Gasteiger partial charge in [0, 0.05) is 27.9 Å². The van der Waals surface area contributed by atoms with E-state index in [1.165, 1.54) is 11.8 Å². The van der Waals surface area contributed by atoms with Crippen molar-refractivity contribution in [1.82, 2.24) is 10.2 Å². The summed E-state index contributed by atoms with van der Waals surface area (Å²) in [5.41, 5.74) is 2.54. The maximum absolute atomic E-state index is 13.2. The fourth-order valence-corrected chi connectivity index (χ4v) is 4.67. The number of benzene rings is 2. The standard InChI is InChI=1S/C24H30Cl2N2O2S/c1-16-9-6-7-10-18(16)13-28(17(2)23(30)27-24(3,4)5)22(29)15-31-14-19-20(25)11-8-12-21(19)26/h6-12,17H,13-15H2,1-5H3,(H,27,30). The van der Waals surface area contributed by atoms with Crippen LogP contribution >= 0.6 is 35.0 Å². The summed E-state index contributed by atoms with van der Waals surface area (Å²) < 4.78 is 0. The molecule has 1 N–H and O–H groups in total. The van der Waals surface area contributed by atoms with Crippen LogP contribution in [0.25, 0.3) is 0 Å². The second kappa shape index (κ2) is 11.3. The number of amides is 2. The van der Waals surface area contributed by atoms with Gasteiger partial charge in [-0.2, -0.15) is 0 Å². The molecule has 0 spiro atoms. The highest BCUT2D eigenvalue weighted by Crippen LogP contribution is 2.28. The molecule has 0 aliphatic heterocycles. The van der Waals surface area contributed by atoms with Crippen LogP contribution in [0.15, 0.2) is 42.5 Å². The fraction of sp³-hybridized carbons (Fsp3) is 0.417. The Morgan fingerprint density at radius 2 is 1.68 bits per heavy atom. The number of carbonyl (C=O) groups excluding carboxylic acids is 2. The van der Waals surface area contributed by atoms with Gasteiger partial charge in [-0.1, -0.05) is 53.5 Å². The lowest BCUT2D eigenvalue weighted by molar-refractivity contribution is -0.139. The summed E-state index contributed by atoms with van der Waals surface area (Å²) in [6.45, 7) is 9.92. The summed E-state index contributed by atoms with van der Waals surface area (Å²) in [4.78, 5) is 27.7. The molecule has 0 saturated heterocycles. The summed E-state index contributed by atoms with van der Waals surface area (Å²) in [7, 11) is 0. The number of nitrogens with zero attached hydrogens (tertiary/aromatic N) is 1. The molecule has 0 bridgehead atoms. The summed E-state index contributed by atoms with van der Waals surface area (Å²) in [5.74, 6) is 0.465. The Morgan fingerprint density at radius 1 is 1.06 bits per heavy atom. The third-order valence-corrected chi connectivity index (χ3v) is 6.45. The lowest BCUT2D eigenvalue weighted by Crippen LogP contribution is -2.52. The van der Waals surface area contributed by atoms with Gasteiger partial charge < -0.3 is 10.2 Å². The van der Waals surface area contributed by atoms with Crippen LogP contribution in [-0.4, -0.2) is 34.0 Å². The molecule has 0 saturated carbocycles. The SMILES string of the molecule is Cc1ccccc1CN(C(=O)CSCc1c(Cl)cccc1Cl)C(C)C(=O)NC(C)(C)C. The van der Waals surface area contributed by atoms with Gasteiger partial charge in [-0.25, -0.2) is 0 Å². The average molecular weight is 481 g/mol. The van der Waals surface area contributed by atoms with Crippen molar-refractivity contribution in [3.63, 3.8) is 0 Å². The molecule has 0 radical (unpaired) electrons. The van der Waals surface area contributed by atoms with Crippen LogP contribution in [0.3, 0.4) is 0 Å². The van der Waals surface area contributed by atoms with Crippen molar-refractivity contribution in [2.24, 2.45) is 0 Å². The molecule has 2 aromatic rings. The van der Waals surface area contributed by atoms with Crippen molar-refractivity contribution in [3.05, 3.63) is 69.2 Å². The molecular weight excluding hydrogens is 451 g/mol. The number of nitrogens with one attached hydrogen (secondary N) is 1. The van der Waals surface area contributed by atoms with E-state index >= 15 is 0 Å². The highest BCUT2D eigenvalue weighted by molar-refractivity contribution is 7.99. The van der Waals surface area contributed by atoms with Crippen LogP contribution in [-0.2, 0) is 21.9 Å². The van der Waals surface area contributed by atoms with E-state index in [2.05, 4.69) is 5.32 Å². The number of halogens is 2. The van der Waals surface area contributed by atoms with Crippen LogP contribution in [0.5, 0.6) is 0 Å². The minimum absolute atomic E-state index is 0.104. The topological polar surface area (TPSA) is 49.4 Å². The lowest BCUT2D eigenvalue weighted by atomic mass is 10.1. The maximum atomic E-state index is 13.2. The molecule has 4 nitrogen and oxygen atoms in total. The lowest BCUT2D eigenvalue weighted by Gasteiger charge is -2.31. The van der Waals surface area contributed by atoms with Crippen LogP contribution in [0.4, 0.5) is 0 Å². The predicted molar refractivity (Wildman–Crippen MR) is 132 cm³/mol. The van der Waals surface area contributed by atoms with E-state index in [0.29, 0.717) is 22.3 Å². The van der Waals surface area contributed by atoms with Crippen LogP contribution in [0.1, 0.15) is 44.4 Å². The highest BCUT2D eigenvalue weighted by atomic mass is 35.5. The first-order valence-corrected chi connectivity index (χ1v) is 12.1. The zero-order valence-electron chi connectivity index (χ0n) is 18.7. The van der Waals surface area contributed by atoms with Gasteiger partial charge >= 0.3 is 0 Å². The van der Waals surface area contributed by atoms with Crippen molar-refractivity contribution >= 4 is 46.8 Å². The first-order chi connectivity index (χ1) is 14.5. The average Bonchev–Trinajstić information content (AvgIpc) is 2.67. The Bertz CT molecular complexity index is 908. The first-order valence-electron chi connectivity index (χ1n) is 10.2. The van der Waals surface area contributed by atoms with Gasteiger partial charge in [0.05, 0.1) is 5.75 Å². The van der Waals surface area contributed by atoms with Crippen LogP contribution < -0.4 is 5.32 Å². The largest absolute Gasteiger partial charge is 0.350 e. The second-order valence-corrected chi connectivity index (χ2v) is 10.4. The quantitative estimate of drug-likeness (QED) is 0.513. The number of rotatable bonds is 8. The summed E-state index contributed by atoms with van der Waals surface area (Å²) in [6.07, 6.45) is 0. The van der Waals surface area contributed by atoms with Crippen molar-refractivity contribution in [1.29, 1.82) is 0 Å². The monoisotopic (exact) mass is 480 g/mol. The van der Waals surface area contributed by atoms with Gasteiger partial charge in [-0.15, -0.1) is 11.8 Å². The minimum atomic E-state index is -0.601. The van der Waals surface area contributed by atoms with E-state index in [4.69, 9.17) is 23.2 Å². The Morgan fingerprint density at radius 3 is 2.26 bits per heavy atom. The van der Waals surface area contributed by atoms with Gasteiger partial charge in [0.2, 0.25) is 11.8 Å². The van der Waals surface area contributed by atoms with Gasteiger partial charge in [-0.05, 0) is 63.4 Å². The van der Waals surface area contributed by atoms with Gasteiger partial charge in [0.1, 0.15) is 6.04 Å².